The van der Waals surface area contributed by atoms with Gasteiger partial charge in [0, 0.05) is 24.0 Å². The van der Waals surface area contributed by atoms with Crippen LogP contribution in [0.25, 0.3) is 0 Å². The second-order valence-corrected chi connectivity index (χ2v) is 21.9. The average molecular weight is 1290 g/mol. The van der Waals surface area contributed by atoms with Crippen LogP contribution in [0.5, 0.6) is 0 Å². The fraction of sp³-hybridized carbons (Fsp3) is 0.385. The van der Waals surface area contributed by atoms with Crippen molar-refractivity contribution in [2.45, 2.75) is 125 Å². The van der Waals surface area contributed by atoms with Crippen molar-refractivity contribution in [3.05, 3.63) is 161 Å². The largest absolute Gasteiger partial charge is 0.442 e. The molecule has 0 unspecified atom stereocenters. The van der Waals surface area contributed by atoms with Crippen LogP contribution in [0.4, 0.5) is 105 Å². The summed E-state index contributed by atoms with van der Waals surface area (Å²) < 4.78 is 355. The molecule has 28 heteroatoms. The maximum Gasteiger partial charge on any atom is 0.442 e. The van der Waals surface area contributed by atoms with Crippen LogP contribution in [-0.4, -0.2) is 6.15 Å². The first-order valence-electron chi connectivity index (χ1n) is 23.8. The molecule has 0 N–H and O–H groups in total. The summed E-state index contributed by atoms with van der Waals surface area (Å²) in [5.41, 5.74) is -30.2. The summed E-state index contributed by atoms with van der Waals surface area (Å²) in [6, 6.07) is 0.0152. The van der Waals surface area contributed by atoms with Gasteiger partial charge >= 0.3 is 78.1 Å². The Labute approximate surface area is 448 Å². The number of alkyl halides is 24. The Morgan fingerprint density at radius 2 is 0.487 bits per heavy atom. The summed E-state index contributed by atoms with van der Waals surface area (Å²) in [4.78, 5) is 0. The molecule has 80 heavy (non-hydrogen) atoms. The monoisotopic (exact) mass is 1290 g/mol. The minimum absolute atomic E-state index is 0.308. The topological polar surface area (TPSA) is 26.3 Å². The molecule has 2 fully saturated rings. The molecule has 2 nitrogen and oxygen atoms in total. The molecular formula is C52H38BF24IO2. The highest BCUT2D eigenvalue weighted by Gasteiger charge is 2.47. The van der Waals surface area contributed by atoms with E-state index in [0.29, 0.717) is 11.8 Å². The molecule has 2 aromatic heterocycles. The molecule has 0 radical (unpaired) electrons. The minimum atomic E-state index is -6.13. The van der Waals surface area contributed by atoms with Crippen molar-refractivity contribution in [1.82, 2.24) is 0 Å². The van der Waals surface area contributed by atoms with Gasteiger partial charge in [-0.3, -0.25) is 0 Å². The smallest absolute Gasteiger partial charge is 0.423 e. The zero-order chi connectivity index (χ0) is 59.4. The first-order valence-corrected chi connectivity index (χ1v) is 26.0. The van der Waals surface area contributed by atoms with Gasteiger partial charge in [0.25, 0.3) is 0 Å². The van der Waals surface area contributed by atoms with E-state index in [-0.39, 0.29) is 21.2 Å². The van der Waals surface area contributed by atoms with Crippen molar-refractivity contribution < 1.29 is 135 Å². The van der Waals surface area contributed by atoms with E-state index in [1.165, 1.54) is 75.7 Å². The van der Waals surface area contributed by atoms with Crippen LogP contribution in [-0.2, 0) is 49.4 Å². The molecule has 2 aliphatic rings. The lowest BCUT2D eigenvalue weighted by molar-refractivity contribution is -0.636. The van der Waals surface area contributed by atoms with Crippen molar-refractivity contribution in [3.8, 4) is 0 Å². The summed E-state index contributed by atoms with van der Waals surface area (Å²) in [7, 11) is 0. The fourth-order valence-electron chi connectivity index (χ4n) is 10.1. The summed E-state index contributed by atoms with van der Waals surface area (Å²) in [6.07, 6.45) is -41.4. The van der Waals surface area contributed by atoms with Crippen LogP contribution in [0.15, 0.2) is 106 Å². The second-order valence-electron chi connectivity index (χ2n) is 19.3. The Hall–Kier alpha value is -5.45. The van der Waals surface area contributed by atoms with E-state index < -0.39 is 195 Å². The molecule has 2 heterocycles. The van der Waals surface area contributed by atoms with Gasteiger partial charge in [-0.15, -0.1) is 0 Å². The maximum absolute atomic E-state index is 14.2. The number of hydrogen-bond donors (Lipinski definition) is 0. The molecular weight excluding hydrogens is 1250 g/mol. The molecule has 0 aliphatic heterocycles. The maximum atomic E-state index is 14.2. The summed E-state index contributed by atoms with van der Waals surface area (Å²) in [5.74, 6) is 3.77. The van der Waals surface area contributed by atoms with Crippen LogP contribution < -0.4 is 43.1 Å². The van der Waals surface area contributed by atoms with Crippen molar-refractivity contribution in [2.75, 3.05) is 0 Å². The Kier molecular flexibility index (Phi) is 17.4. The molecule has 2 aliphatic carbocycles. The molecule has 6 aromatic rings. The number of hydrogen-bond acceptors (Lipinski definition) is 2. The molecule has 436 valence electrons. The lowest BCUT2D eigenvalue weighted by Crippen LogP contribution is -3.61. The highest BCUT2D eigenvalue weighted by molar-refractivity contribution is 7.20. The lowest BCUT2D eigenvalue weighted by Gasteiger charge is -2.46. The number of furan rings is 2. The van der Waals surface area contributed by atoms with Crippen molar-refractivity contribution >= 4 is 28.0 Å². The number of benzene rings is 4. The van der Waals surface area contributed by atoms with E-state index in [4.69, 9.17) is 8.83 Å². The van der Waals surface area contributed by atoms with Crippen LogP contribution in [0.3, 0.4) is 0 Å². The van der Waals surface area contributed by atoms with Gasteiger partial charge in [-0.25, -0.2) is 0 Å². The van der Waals surface area contributed by atoms with Gasteiger partial charge in [-0.1, -0.05) is 87.1 Å². The molecule has 2 saturated carbocycles. The van der Waals surface area contributed by atoms with Crippen LogP contribution >= 0.6 is 0 Å². The third-order valence-electron chi connectivity index (χ3n) is 13.8. The summed E-state index contributed by atoms with van der Waals surface area (Å²) in [6.45, 7) is 0. The van der Waals surface area contributed by atoms with Gasteiger partial charge in [0.2, 0.25) is 0 Å². The van der Waals surface area contributed by atoms with Gasteiger partial charge in [0.05, 0.1) is 44.5 Å². The third kappa shape index (κ3) is 14.4. The van der Waals surface area contributed by atoms with Crippen molar-refractivity contribution in [3.63, 3.8) is 0 Å². The number of halogens is 25. The van der Waals surface area contributed by atoms with Crippen LogP contribution in [0, 0.1) is 7.53 Å². The normalized spacial score (nSPS) is 16.2. The molecule has 8 rings (SSSR count). The molecule has 0 atom stereocenters. The zero-order valence-corrected chi connectivity index (χ0v) is 42.5. The highest BCUT2D eigenvalue weighted by Crippen LogP contribution is 2.42. The van der Waals surface area contributed by atoms with Crippen molar-refractivity contribution in [1.29, 1.82) is 0 Å². The fourth-order valence-corrected chi connectivity index (χ4v) is 12.1. The first-order chi connectivity index (χ1) is 36.6. The van der Waals surface area contributed by atoms with Gasteiger partial charge in [-0.2, -0.15) is 127 Å². The van der Waals surface area contributed by atoms with E-state index in [1.54, 1.807) is 0 Å². The van der Waals surface area contributed by atoms with Crippen LogP contribution in [0.2, 0.25) is 0 Å². The summed E-state index contributed by atoms with van der Waals surface area (Å²) in [5, 5.41) is 0. The average Bonchev–Trinajstić information content (AvgIpc) is 4.13. The van der Waals surface area contributed by atoms with E-state index >= 15 is 0 Å². The van der Waals surface area contributed by atoms with Gasteiger partial charge in [0.1, 0.15) is 17.7 Å². The minimum Gasteiger partial charge on any atom is -0.423 e. The quantitative estimate of drug-likeness (QED) is 0.0862. The standard InChI is InChI=1S/C32H12BF24.C20H26IO2/c34-25(35,36)13-1-14(26(37,38)39)6-21(5-13)33(22-7-15(27(40,41)42)2-16(8-22)28(43,44)45,23-9-17(29(46,47)48)3-18(10-23)30(49,50)51)24-11-19(31(52,53)54)4-20(12-24)32(55,56)57;1-3-7-15(8-4-1)17-11-13-19(22-17)21-20-14-12-18(23-20)16-9-5-2-6-10-16/h1-12H;11-16H,1-10H2/q-1;+1. The predicted molar refractivity (Wildman–Crippen MR) is 237 cm³/mol. The Morgan fingerprint density at radius 1 is 0.287 bits per heavy atom. The molecule has 0 spiro atoms. The van der Waals surface area contributed by atoms with E-state index in [1.807, 2.05) is 0 Å². The Balaban J connectivity index is 0.000000329. The number of rotatable bonds is 8. The predicted octanol–water partition coefficient (Wildman–Crippen LogP) is 14.3. The van der Waals surface area contributed by atoms with E-state index in [9.17, 15) is 105 Å². The SMILES string of the molecule is FC(F)(F)c1cc([B-](c2cc(C(F)(F)F)cc(C(F)(F)F)c2)(c2cc(C(F)(F)F)cc(C(F)(F)F)c2)c2cc(C(F)(F)F)cc(C(F)(F)F)c2)cc(C(F)(F)F)c1.c1cc(C2CCCCC2)oc1[I+]c1ccc(C2CCCCC2)o1. The molecule has 0 saturated heterocycles. The zero-order valence-electron chi connectivity index (χ0n) is 40.3. The Bertz CT molecular complexity index is 2620. The molecule has 0 bridgehead atoms. The third-order valence-corrected chi connectivity index (χ3v) is 16.1. The van der Waals surface area contributed by atoms with Gasteiger partial charge in [-0.05, 0) is 62.1 Å². The lowest BCUT2D eigenvalue weighted by atomic mass is 9.12. The molecule has 4 aromatic carbocycles. The molecule has 0 amide bonds. The summed E-state index contributed by atoms with van der Waals surface area (Å²) >= 11 is -0.308. The van der Waals surface area contributed by atoms with Gasteiger partial charge < -0.3 is 8.83 Å². The highest BCUT2D eigenvalue weighted by atomic mass is 127. The first kappa shape index (κ1) is 62.2. The van der Waals surface area contributed by atoms with Crippen molar-refractivity contribution in [2.24, 2.45) is 0 Å². The van der Waals surface area contributed by atoms with E-state index in [2.05, 4.69) is 24.3 Å². The van der Waals surface area contributed by atoms with Crippen LogP contribution in [0.1, 0.15) is 132 Å². The van der Waals surface area contributed by atoms with E-state index in [0.717, 1.165) is 7.53 Å². The Morgan fingerprint density at radius 3 is 0.675 bits per heavy atom. The van der Waals surface area contributed by atoms with Gasteiger partial charge in [0.15, 0.2) is 0 Å². The second kappa shape index (κ2) is 22.4.